The Morgan fingerprint density at radius 3 is 2.53 bits per heavy atom. The zero-order valence-electron chi connectivity index (χ0n) is 9.09. The standard InChI is InChI=1S/C12H11N3.2ClH/c1-2-4-9(5-3-1)12-14-7-10-6-13-8-11(10)15-12;;/h1-5,7,13H,6,8H2;2*1H. The summed E-state index contributed by atoms with van der Waals surface area (Å²) in [7, 11) is 0. The van der Waals surface area contributed by atoms with Crippen molar-refractivity contribution in [2.45, 2.75) is 13.1 Å². The van der Waals surface area contributed by atoms with Gasteiger partial charge in [0.1, 0.15) is 0 Å². The van der Waals surface area contributed by atoms with Crippen molar-refractivity contribution in [2.75, 3.05) is 0 Å². The molecule has 90 valence electrons. The van der Waals surface area contributed by atoms with Gasteiger partial charge in [0, 0.05) is 30.4 Å². The van der Waals surface area contributed by atoms with Crippen LogP contribution in [0.1, 0.15) is 11.3 Å². The van der Waals surface area contributed by atoms with Gasteiger partial charge in [-0.25, -0.2) is 9.97 Å². The topological polar surface area (TPSA) is 37.8 Å². The molecule has 0 unspecified atom stereocenters. The van der Waals surface area contributed by atoms with Gasteiger partial charge in [0.15, 0.2) is 5.82 Å². The molecule has 0 saturated heterocycles. The summed E-state index contributed by atoms with van der Waals surface area (Å²) in [6.45, 7) is 1.75. The molecule has 0 saturated carbocycles. The number of rotatable bonds is 1. The van der Waals surface area contributed by atoms with Crippen molar-refractivity contribution in [3.8, 4) is 11.4 Å². The average Bonchev–Trinajstić information content (AvgIpc) is 2.77. The smallest absolute Gasteiger partial charge is 0.159 e. The molecular weight excluding hydrogens is 257 g/mol. The normalized spacial score (nSPS) is 12.2. The minimum Gasteiger partial charge on any atom is -0.307 e. The fourth-order valence-corrected chi connectivity index (χ4v) is 1.78. The molecule has 1 N–H and O–H groups in total. The molecule has 5 heteroatoms. The minimum absolute atomic E-state index is 0. The van der Waals surface area contributed by atoms with Crippen LogP contribution in [0.2, 0.25) is 0 Å². The Hall–Kier alpha value is -1.16. The molecule has 0 aliphatic carbocycles. The van der Waals surface area contributed by atoms with E-state index in [4.69, 9.17) is 0 Å². The van der Waals surface area contributed by atoms with E-state index in [1.165, 1.54) is 5.56 Å². The van der Waals surface area contributed by atoms with E-state index >= 15 is 0 Å². The SMILES string of the molecule is Cl.Cl.c1ccc(-c2ncc3c(n2)CNC3)cc1. The molecule has 0 spiro atoms. The molecule has 2 heterocycles. The summed E-state index contributed by atoms with van der Waals surface area (Å²) in [5.41, 5.74) is 3.42. The van der Waals surface area contributed by atoms with Crippen molar-refractivity contribution in [1.29, 1.82) is 0 Å². The fraction of sp³-hybridized carbons (Fsp3) is 0.167. The van der Waals surface area contributed by atoms with Crippen LogP contribution in [-0.4, -0.2) is 9.97 Å². The highest BCUT2D eigenvalue weighted by molar-refractivity contribution is 5.85. The van der Waals surface area contributed by atoms with Crippen molar-refractivity contribution >= 4 is 24.8 Å². The van der Waals surface area contributed by atoms with E-state index in [0.29, 0.717) is 0 Å². The number of nitrogens with zero attached hydrogens (tertiary/aromatic N) is 2. The van der Waals surface area contributed by atoms with Crippen LogP contribution in [0.3, 0.4) is 0 Å². The lowest BCUT2D eigenvalue weighted by Gasteiger charge is -2.01. The van der Waals surface area contributed by atoms with Gasteiger partial charge in [-0.1, -0.05) is 30.3 Å². The number of nitrogens with one attached hydrogen (secondary N) is 1. The zero-order chi connectivity index (χ0) is 10.1. The Morgan fingerprint density at radius 1 is 1.00 bits per heavy atom. The summed E-state index contributed by atoms with van der Waals surface area (Å²) < 4.78 is 0. The number of hydrogen-bond donors (Lipinski definition) is 1. The van der Waals surface area contributed by atoms with Crippen LogP contribution in [0.15, 0.2) is 36.5 Å². The average molecular weight is 270 g/mol. The lowest BCUT2D eigenvalue weighted by atomic mass is 10.2. The number of halogens is 2. The van der Waals surface area contributed by atoms with E-state index in [1.54, 1.807) is 0 Å². The monoisotopic (exact) mass is 269 g/mol. The molecule has 0 fully saturated rings. The van der Waals surface area contributed by atoms with E-state index < -0.39 is 0 Å². The highest BCUT2D eigenvalue weighted by Crippen LogP contribution is 2.18. The number of fused-ring (bicyclic) bond motifs is 1. The Morgan fingerprint density at radius 2 is 1.76 bits per heavy atom. The molecule has 1 aromatic heterocycles. The number of hydrogen-bond acceptors (Lipinski definition) is 3. The summed E-state index contributed by atoms with van der Waals surface area (Å²) in [4.78, 5) is 8.92. The van der Waals surface area contributed by atoms with Gasteiger partial charge in [-0.05, 0) is 0 Å². The van der Waals surface area contributed by atoms with Crippen LogP contribution in [0.4, 0.5) is 0 Å². The van der Waals surface area contributed by atoms with Gasteiger partial charge in [0.25, 0.3) is 0 Å². The first-order valence-electron chi connectivity index (χ1n) is 5.04. The van der Waals surface area contributed by atoms with E-state index in [0.717, 1.165) is 30.2 Å². The largest absolute Gasteiger partial charge is 0.307 e. The molecule has 3 nitrogen and oxygen atoms in total. The van der Waals surface area contributed by atoms with Crippen LogP contribution in [0, 0.1) is 0 Å². The van der Waals surface area contributed by atoms with Gasteiger partial charge >= 0.3 is 0 Å². The second kappa shape index (κ2) is 5.96. The third-order valence-corrected chi connectivity index (χ3v) is 2.59. The van der Waals surface area contributed by atoms with E-state index in [1.807, 2.05) is 36.5 Å². The molecule has 0 atom stereocenters. The molecule has 2 aromatic rings. The van der Waals surface area contributed by atoms with E-state index in [9.17, 15) is 0 Å². The van der Waals surface area contributed by atoms with Crippen LogP contribution in [0.25, 0.3) is 11.4 Å². The first kappa shape index (κ1) is 13.9. The zero-order valence-corrected chi connectivity index (χ0v) is 10.7. The van der Waals surface area contributed by atoms with Crippen LogP contribution in [-0.2, 0) is 13.1 Å². The lowest BCUT2D eigenvalue weighted by molar-refractivity contribution is 0.758. The molecule has 3 rings (SSSR count). The van der Waals surface area contributed by atoms with Crippen molar-refractivity contribution < 1.29 is 0 Å². The fourth-order valence-electron chi connectivity index (χ4n) is 1.78. The van der Waals surface area contributed by atoms with E-state index in [2.05, 4.69) is 15.3 Å². The lowest BCUT2D eigenvalue weighted by Crippen LogP contribution is -2.00. The van der Waals surface area contributed by atoms with Gasteiger partial charge in [0.2, 0.25) is 0 Å². The summed E-state index contributed by atoms with van der Waals surface area (Å²) in [5, 5.41) is 3.26. The predicted octanol–water partition coefficient (Wildman–Crippen LogP) is 2.59. The molecule has 1 aliphatic rings. The molecule has 1 aromatic carbocycles. The van der Waals surface area contributed by atoms with Crippen LogP contribution < -0.4 is 5.32 Å². The maximum absolute atomic E-state index is 4.55. The van der Waals surface area contributed by atoms with Gasteiger partial charge in [-0.15, -0.1) is 24.8 Å². The van der Waals surface area contributed by atoms with Crippen molar-refractivity contribution in [1.82, 2.24) is 15.3 Å². The maximum atomic E-state index is 4.55. The predicted molar refractivity (Wildman–Crippen MR) is 72.5 cm³/mol. The second-order valence-electron chi connectivity index (χ2n) is 3.64. The Balaban J connectivity index is 0.000000722. The molecule has 0 radical (unpaired) electrons. The highest BCUT2D eigenvalue weighted by Gasteiger charge is 2.12. The minimum atomic E-state index is 0. The van der Waals surface area contributed by atoms with Crippen molar-refractivity contribution in [3.63, 3.8) is 0 Å². The van der Waals surface area contributed by atoms with Gasteiger partial charge < -0.3 is 5.32 Å². The third-order valence-electron chi connectivity index (χ3n) is 2.59. The molecule has 17 heavy (non-hydrogen) atoms. The summed E-state index contributed by atoms with van der Waals surface area (Å²) in [6, 6.07) is 10.1. The van der Waals surface area contributed by atoms with Gasteiger partial charge in [-0.3, -0.25) is 0 Å². The van der Waals surface area contributed by atoms with Gasteiger partial charge in [-0.2, -0.15) is 0 Å². The summed E-state index contributed by atoms with van der Waals surface area (Å²) in [5.74, 6) is 0.818. The van der Waals surface area contributed by atoms with Crippen LogP contribution >= 0.6 is 24.8 Å². The Kier molecular flexibility index (Phi) is 4.87. The summed E-state index contributed by atoms with van der Waals surface area (Å²) in [6.07, 6.45) is 1.92. The molecular formula is C12H13Cl2N3. The quantitative estimate of drug-likeness (QED) is 0.865. The van der Waals surface area contributed by atoms with Crippen LogP contribution in [0.5, 0.6) is 0 Å². The Bertz CT molecular complexity index is 488. The first-order valence-corrected chi connectivity index (χ1v) is 5.04. The number of benzene rings is 1. The summed E-state index contributed by atoms with van der Waals surface area (Å²) >= 11 is 0. The van der Waals surface area contributed by atoms with E-state index in [-0.39, 0.29) is 24.8 Å². The number of aromatic nitrogens is 2. The Labute approximate surface area is 113 Å². The van der Waals surface area contributed by atoms with Crippen molar-refractivity contribution in [2.24, 2.45) is 0 Å². The highest BCUT2D eigenvalue weighted by atomic mass is 35.5. The third kappa shape index (κ3) is 2.75. The molecule has 0 bridgehead atoms. The first-order chi connectivity index (χ1) is 7.43. The van der Waals surface area contributed by atoms with Gasteiger partial charge in [0.05, 0.1) is 5.69 Å². The van der Waals surface area contributed by atoms with Crippen molar-refractivity contribution in [3.05, 3.63) is 47.8 Å². The molecule has 0 amide bonds. The second-order valence-corrected chi connectivity index (χ2v) is 3.64. The maximum Gasteiger partial charge on any atom is 0.159 e. The molecule has 1 aliphatic heterocycles.